The van der Waals surface area contributed by atoms with E-state index in [-0.39, 0.29) is 17.7 Å². The number of hydrogen-bond acceptors (Lipinski definition) is 5. The molecule has 2 aromatic carbocycles. The first kappa shape index (κ1) is 26.4. The maximum atomic E-state index is 13.7. The lowest BCUT2D eigenvalue weighted by Gasteiger charge is -2.37. The summed E-state index contributed by atoms with van der Waals surface area (Å²) >= 11 is 1.37. The summed E-state index contributed by atoms with van der Waals surface area (Å²) in [6.45, 7) is 7.11. The van der Waals surface area contributed by atoms with Crippen LogP contribution in [0.2, 0.25) is 0 Å². The van der Waals surface area contributed by atoms with Gasteiger partial charge in [-0.2, -0.15) is 0 Å². The second-order valence-corrected chi connectivity index (χ2v) is 10.7. The van der Waals surface area contributed by atoms with E-state index in [4.69, 9.17) is 0 Å². The highest BCUT2D eigenvalue weighted by Crippen LogP contribution is 2.28. The van der Waals surface area contributed by atoms with E-state index in [2.05, 4.69) is 24.1 Å². The minimum Gasteiger partial charge on any atom is -0.367 e. The van der Waals surface area contributed by atoms with Crippen molar-refractivity contribution in [2.45, 2.75) is 26.8 Å². The number of piperazine rings is 1. The van der Waals surface area contributed by atoms with E-state index in [9.17, 15) is 14.4 Å². The lowest BCUT2D eigenvalue weighted by Crippen LogP contribution is -2.49. The number of nitrogens with one attached hydrogen (secondary N) is 1. The van der Waals surface area contributed by atoms with Crippen LogP contribution >= 0.6 is 11.3 Å². The molecule has 0 aliphatic carbocycles. The second-order valence-electron chi connectivity index (χ2n) is 9.78. The number of carbonyl (C=O) groups excluding carboxylic acids is 3. The summed E-state index contributed by atoms with van der Waals surface area (Å²) in [7, 11) is 1.79. The summed E-state index contributed by atoms with van der Waals surface area (Å²) in [6.07, 6.45) is 0.548. The molecule has 8 heteroatoms. The number of rotatable bonds is 8. The average Bonchev–Trinajstić information content (AvgIpc) is 3.44. The minimum atomic E-state index is -0.198. The number of nitrogens with zero attached hydrogens (tertiary/aromatic N) is 3. The fraction of sp³-hybridized carbons (Fsp3) is 0.345. The van der Waals surface area contributed by atoms with Crippen molar-refractivity contribution in [1.82, 2.24) is 9.80 Å². The first-order valence-electron chi connectivity index (χ1n) is 12.6. The highest BCUT2D eigenvalue weighted by Gasteiger charge is 2.26. The molecule has 4 rings (SSSR count). The van der Waals surface area contributed by atoms with Gasteiger partial charge in [0.2, 0.25) is 5.91 Å². The van der Waals surface area contributed by atoms with Gasteiger partial charge in [-0.15, -0.1) is 11.3 Å². The van der Waals surface area contributed by atoms with Crippen LogP contribution in [-0.4, -0.2) is 60.7 Å². The van der Waals surface area contributed by atoms with E-state index in [1.807, 2.05) is 58.8 Å². The van der Waals surface area contributed by atoms with Crippen LogP contribution in [0, 0.1) is 5.92 Å². The zero-order valence-corrected chi connectivity index (χ0v) is 22.5. The van der Waals surface area contributed by atoms with E-state index in [1.165, 1.54) is 11.3 Å². The summed E-state index contributed by atoms with van der Waals surface area (Å²) < 4.78 is 0. The predicted molar refractivity (Wildman–Crippen MR) is 149 cm³/mol. The van der Waals surface area contributed by atoms with E-state index >= 15 is 0 Å². The molecule has 0 atom stereocenters. The van der Waals surface area contributed by atoms with Gasteiger partial charge in [0.15, 0.2) is 0 Å². The van der Waals surface area contributed by atoms with E-state index in [1.54, 1.807) is 24.1 Å². The molecule has 0 saturated carbocycles. The summed E-state index contributed by atoms with van der Waals surface area (Å²) in [5.41, 5.74) is 2.96. The number of carbonyl (C=O) groups is 3. The van der Waals surface area contributed by atoms with Gasteiger partial charge < -0.3 is 20.0 Å². The van der Waals surface area contributed by atoms with Crippen molar-refractivity contribution in [3.63, 3.8) is 0 Å². The highest BCUT2D eigenvalue weighted by atomic mass is 32.1. The van der Waals surface area contributed by atoms with Gasteiger partial charge in [0.05, 0.1) is 10.4 Å². The van der Waals surface area contributed by atoms with E-state index < -0.39 is 0 Å². The summed E-state index contributed by atoms with van der Waals surface area (Å²) in [5.74, 6) is 0.187. The van der Waals surface area contributed by atoms with Crippen LogP contribution < -0.4 is 10.2 Å². The molecule has 1 saturated heterocycles. The number of amides is 3. The molecular formula is C29H34N4O3S. The summed E-state index contributed by atoms with van der Waals surface area (Å²) in [4.78, 5) is 45.3. The van der Waals surface area contributed by atoms with Crippen molar-refractivity contribution < 1.29 is 14.4 Å². The van der Waals surface area contributed by atoms with Crippen LogP contribution in [0.1, 0.15) is 45.9 Å². The Kier molecular flexibility index (Phi) is 8.61. The Morgan fingerprint density at radius 1 is 0.973 bits per heavy atom. The Hall–Kier alpha value is -3.65. The van der Waals surface area contributed by atoms with Gasteiger partial charge in [0.25, 0.3) is 11.8 Å². The fourth-order valence-electron chi connectivity index (χ4n) is 4.47. The molecule has 194 valence electrons. The van der Waals surface area contributed by atoms with Crippen LogP contribution in [0.25, 0.3) is 0 Å². The van der Waals surface area contributed by atoms with Gasteiger partial charge in [-0.3, -0.25) is 14.4 Å². The molecule has 1 aliphatic heterocycles. The van der Waals surface area contributed by atoms with Crippen LogP contribution in [0.4, 0.5) is 11.4 Å². The molecule has 1 fully saturated rings. The van der Waals surface area contributed by atoms with E-state index in [0.717, 1.165) is 11.3 Å². The Morgan fingerprint density at radius 3 is 2.35 bits per heavy atom. The largest absolute Gasteiger partial charge is 0.367 e. The first-order valence-corrected chi connectivity index (χ1v) is 13.5. The Labute approximate surface area is 222 Å². The van der Waals surface area contributed by atoms with Crippen molar-refractivity contribution in [2.24, 2.45) is 5.92 Å². The third-order valence-electron chi connectivity index (χ3n) is 6.39. The van der Waals surface area contributed by atoms with Crippen molar-refractivity contribution in [1.29, 1.82) is 0 Å². The highest BCUT2D eigenvalue weighted by molar-refractivity contribution is 7.12. The average molecular weight is 519 g/mol. The maximum Gasteiger partial charge on any atom is 0.265 e. The van der Waals surface area contributed by atoms with E-state index in [0.29, 0.717) is 61.2 Å². The first-order chi connectivity index (χ1) is 17.8. The molecule has 3 amide bonds. The minimum absolute atomic E-state index is 0.121. The Morgan fingerprint density at radius 2 is 1.70 bits per heavy atom. The standard InChI is InChI=1S/C29H34N4O3S/c1-21(2)18-27(34)33-15-13-32(14-16-33)25-12-11-23(30-28(35)26-10-7-17-37-26)19-24(25)29(36)31(3)20-22-8-5-4-6-9-22/h4-12,17,19,21H,13-16,18,20H2,1-3H3,(H,30,35). The summed E-state index contributed by atoms with van der Waals surface area (Å²) in [5, 5.41) is 4.79. The normalized spacial score (nSPS) is 13.5. The van der Waals surface area contributed by atoms with Crippen LogP contribution in [0.15, 0.2) is 66.0 Å². The van der Waals surface area contributed by atoms with Crippen molar-refractivity contribution in [2.75, 3.05) is 43.4 Å². The van der Waals surface area contributed by atoms with Crippen molar-refractivity contribution in [3.8, 4) is 0 Å². The number of hydrogen-bond donors (Lipinski definition) is 1. The molecule has 2 heterocycles. The van der Waals surface area contributed by atoms with Crippen LogP contribution in [0.5, 0.6) is 0 Å². The van der Waals surface area contributed by atoms with Gasteiger partial charge in [0, 0.05) is 57.6 Å². The molecule has 37 heavy (non-hydrogen) atoms. The van der Waals surface area contributed by atoms with Gasteiger partial charge in [-0.1, -0.05) is 50.2 Å². The molecular weight excluding hydrogens is 484 g/mol. The lowest BCUT2D eigenvalue weighted by atomic mass is 10.1. The Balaban J connectivity index is 1.56. The van der Waals surface area contributed by atoms with Gasteiger partial charge in [-0.25, -0.2) is 0 Å². The zero-order valence-electron chi connectivity index (χ0n) is 21.6. The number of thiophene rings is 1. The quantitative estimate of drug-likeness (QED) is 0.457. The smallest absolute Gasteiger partial charge is 0.265 e. The molecule has 1 N–H and O–H groups in total. The number of anilines is 2. The topological polar surface area (TPSA) is 73.0 Å². The lowest BCUT2D eigenvalue weighted by molar-refractivity contribution is -0.132. The number of benzene rings is 2. The third-order valence-corrected chi connectivity index (χ3v) is 7.26. The molecule has 1 aliphatic rings. The molecule has 0 radical (unpaired) electrons. The molecule has 0 unspecified atom stereocenters. The fourth-order valence-corrected chi connectivity index (χ4v) is 5.09. The third kappa shape index (κ3) is 6.77. The van der Waals surface area contributed by atoms with Crippen molar-refractivity contribution >= 4 is 40.4 Å². The van der Waals surface area contributed by atoms with Gasteiger partial charge in [0.1, 0.15) is 0 Å². The monoisotopic (exact) mass is 518 g/mol. The zero-order chi connectivity index (χ0) is 26.4. The molecule has 0 bridgehead atoms. The van der Waals surface area contributed by atoms with Crippen molar-refractivity contribution in [3.05, 3.63) is 82.0 Å². The van der Waals surface area contributed by atoms with Crippen LogP contribution in [0.3, 0.4) is 0 Å². The SMILES string of the molecule is CC(C)CC(=O)N1CCN(c2ccc(NC(=O)c3cccs3)cc2C(=O)N(C)Cc2ccccc2)CC1. The van der Waals surface area contributed by atoms with Gasteiger partial charge in [-0.05, 0) is 41.1 Å². The van der Waals surface area contributed by atoms with Gasteiger partial charge >= 0.3 is 0 Å². The second kappa shape index (κ2) is 12.1. The Bertz CT molecular complexity index is 1220. The van der Waals surface area contributed by atoms with Crippen LogP contribution in [-0.2, 0) is 11.3 Å². The molecule has 0 spiro atoms. The maximum absolute atomic E-state index is 13.7. The summed E-state index contributed by atoms with van der Waals surface area (Å²) in [6, 6.07) is 19.0. The molecule has 7 nitrogen and oxygen atoms in total. The molecule has 3 aromatic rings. The molecule has 1 aromatic heterocycles. The predicted octanol–water partition coefficient (Wildman–Crippen LogP) is 4.97.